The maximum absolute atomic E-state index is 12.5. The zero-order chi connectivity index (χ0) is 36.6. The van der Waals surface area contributed by atoms with Crippen LogP contribution in [0.3, 0.4) is 0 Å². The smallest absolute Gasteiger partial charge is 0.472 e. The number of nitrogens with two attached hydrogens (primary N) is 1. The number of allylic oxidation sites excluding steroid dienone is 7. The second-order valence-electron chi connectivity index (χ2n) is 13.2. The molecule has 0 aromatic carbocycles. The number of hydrogen-bond donors (Lipinski definition) is 2. The summed E-state index contributed by atoms with van der Waals surface area (Å²) in [5, 5.41) is 0. The van der Waals surface area contributed by atoms with Crippen LogP contribution in [0, 0.1) is 0 Å². The second kappa shape index (κ2) is 38.5. The first-order valence-electron chi connectivity index (χ1n) is 20.2. The number of ether oxygens (including phenoxy) is 2. The molecule has 0 saturated heterocycles. The van der Waals surface area contributed by atoms with E-state index in [4.69, 9.17) is 24.3 Å². The molecule has 0 fully saturated rings. The highest BCUT2D eigenvalue weighted by Crippen LogP contribution is 2.43. The zero-order valence-electron chi connectivity index (χ0n) is 32.1. The summed E-state index contributed by atoms with van der Waals surface area (Å²) in [7, 11) is -4.29. The molecule has 0 aliphatic heterocycles. The molecule has 0 radical (unpaired) electrons. The Balaban J connectivity index is 4.18. The lowest BCUT2D eigenvalue weighted by molar-refractivity contribution is -0.153. The minimum absolute atomic E-state index is 0.0227. The lowest BCUT2D eigenvalue weighted by Gasteiger charge is -2.19. The predicted octanol–water partition coefficient (Wildman–Crippen LogP) is 12.0. The fourth-order valence-corrected chi connectivity index (χ4v) is 6.09. The van der Waals surface area contributed by atoms with E-state index in [1.54, 1.807) is 6.26 Å². The molecular weight excluding hydrogens is 649 g/mol. The maximum Gasteiger partial charge on any atom is 0.472 e. The minimum atomic E-state index is -4.29. The second-order valence-corrected chi connectivity index (χ2v) is 14.7. The van der Waals surface area contributed by atoms with Crippen LogP contribution in [0.2, 0.25) is 0 Å². The zero-order valence-corrected chi connectivity index (χ0v) is 33.0. The van der Waals surface area contributed by atoms with Gasteiger partial charge in [0.1, 0.15) is 6.61 Å². The molecule has 0 rings (SSSR count). The SMILES string of the molecule is CCCCC/C=C\C/C=C\C/C=C\CCCCCCC(=O)O[C@H](CO/C=C\CCCCCCCCCCCCCC)COP(=O)(O)OCCN. The molecular formula is C41H76NO7P. The van der Waals surface area contributed by atoms with Crippen molar-refractivity contribution >= 4 is 13.8 Å². The molecule has 8 nitrogen and oxygen atoms in total. The van der Waals surface area contributed by atoms with E-state index in [-0.39, 0.29) is 38.8 Å². The highest BCUT2D eigenvalue weighted by atomic mass is 31.2. The van der Waals surface area contributed by atoms with Crippen molar-refractivity contribution in [1.29, 1.82) is 0 Å². The fourth-order valence-electron chi connectivity index (χ4n) is 5.32. The van der Waals surface area contributed by atoms with Crippen LogP contribution in [-0.4, -0.2) is 43.3 Å². The van der Waals surface area contributed by atoms with Crippen molar-refractivity contribution in [3.8, 4) is 0 Å². The molecule has 292 valence electrons. The van der Waals surface area contributed by atoms with Gasteiger partial charge in [-0.05, 0) is 63.9 Å². The summed E-state index contributed by atoms with van der Waals surface area (Å²) in [5.41, 5.74) is 5.35. The molecule has 0 aliphatic carbocycles. The Morgan fingerprint density at radius 1 is 0.620 bits per heavy atom. The first-order chi connectivity index (χ1) is 24.4. The molecule has 1 unspecified atom stereocenters. The third-order valence-corrected chi connectivity index (χ3v) is 9.30. The average Bonchev–Trinajstić information content (AvgIpc) is 3.10. The van der Waals surface area contributed by atoms with Crippen LogP contribution in [0.4, 0.5) is 0 Å². The third kappa shape index (κ3) is 37.6. The summed E-state index contributed by atoms with van der Waals surface area (Å²) in [4.78, 5) is 22.4. The topological polar surface area (TPSA) is 117 Å². The molecule has 9 heteroatoms. The van der Waals surface area contributed by atoms with Crippen LogP contribution in [0.25, 0.3) is 0 Å². The summed E-state index contributed by atoms with van der Waals surface area (Å²) in [6.07, 6.45) is 45.0. The minimum Gasteiger partial charge on any atom is -0.498 e. The number of unbranched alkanes of at least 4 members (excludes halogenated alkanes) is 19. The standard InChI is InChI=1S/C41H76NO7P/c1-3-5-7-9-11-13-15-17-19-20-21-22-24-26-28-30-32-34-41(43)49-40(39-48-50(44,45)47-37-35-42)38-46-36-33-31-29-27-25-23-18-16-14-12-10-8-6-4-2/h11,13,17,19,21-22,33,36,40H,3-10,12,14-16,18,20,23-32,34-35,37-39,42H2,1-2H3,(H,44,45)/b13-11-,19-17-,22-21-,36-33-/t40-/m1/s1. The van der Waals surface area contributed by atoms with Crippen molar-refractivity contribution in [1.82, 2.24) is 0 Å². The van der Waals surface area contributed by atoms with Crippen LogP contribution in [0.1, 0.15) is 174 Å². The molecule has 0 aromatic heterocycles. The number of carbonyl (C=O) groups excluding carboxylic acids is 1. The molecule has 0 saturated carbocycles. The monoisotopic (exact) mass is 726 g/mol. The molecule has 2 atom stereocenters. The Hall–Kier alpha value is -1.70. The molecule has 0 aromatic rings. The van der Waals surface area contributed by atoms with Gasteiger partial charge in [0.15, 0.2) is 6.10 Å². The molecule has 0 heterocycles. The Morgan fingerprint density at radius 2 is 1.08 bits per heavy atom. The highest BCUT2D eigenvalue weighted by molar-refractivity contribution is 7.47. The van der Waals surface area contributed by atoms with Gasteiger partial charge in [0.25, 0.3) is 0 Å². The molecule has 0 aliphatic rings. The Bertz CT molecular complexity index is 905. The Morgan fingerprint density at radius 3 is 1.64 bits per heavy atom. The normalized spacial score (nSPS) is 14.0. The lowest BCUT2D eigenvalue weighted by Crippen LogP contribution is -2.27. The van der Waals surface area contributed by atoms with E-state index < -0.39 is 13.9 Å². The lowest BCUT2D eigenvalue weighted by atomic mass is 10.0. The summed E-state index contributed by atoms with van der Waals surface area (Å²) >= 11 is 0. The quantitative estimate of drug-likeness (QED) is 0.0212. The first kappa shape index (κ1) is 48.3. The first-order valence-corrected chi connectivity index (χ1v) is 21.7. The van der Waals surface area contributed by atoms with E-state index in [0.29, 0.717) is 0 Å². The van der Waals surface area contributed by atoms with Gasteiger partial charge in [0.05, 0.1) is 19.5 Å². The molecule has 0 amide bonds. The molecule has 0 spiro atoms. The molecule has 50 heavy (non-hydrogen) atoms. The van der Waals surface area contributed by atoms with Gasteiger partial charge in [-0.15, -0.1) is 0 Å². The van der Waals surface area contributed by atoms with Gasteiger partial charge in [0, 0.05) is 13.0 Å². The van der Waals surface area contributed by atoms with Crippen LogP contribution < -0.4 is 5.73 Å². The predicted molar refractivity (Wildman–Crippen MR) is 210 cm³/mol. The van der Waals surface area contributed by atoms with Crippen molar-refractivity contribution in [3.63, 3.8) is 0 Å². The van der Waals surface area contributed by atoms with Crippen LogP contribution in [0.15, 0.2) is 48.8 Å². The Kier molecular flexibility index (Phi) is 37.2. The van der Waals surface area contributed by atoms with Crippen molar-refractivity contribution in [2.24, 2.45) is 5.73 Å². The third-order valence-electron chi connectivity index (χ3n) is 8.31. The van der Waals surface area contributed by atoms with E-state index in [1.807, 2.05) is 6.08 Å². The van der Waals surface area contributed by atoms with E-state index in [1.165, 1.54) is 96.3 Å². The molecule has 3 N–H and O–H groups in total. The van der Waals surface area contributed by atoms with Crippen molar-refractivity contribution < 1.29 is 32.8 Å². The maximum atomic E-state index is 12.5. The van der Waals surface area contributed by atoms with Gasteiger partial charge in [0.2, 0.25) is 0 Å². The van der Waals surface area contributed by atoms with E-state index >= 15 is 0 Å². The fraction of sp³-hybridized carbons (Fsp3) is 0.780. The number of phosphoric acid groups is 1. The largest absolute Gasteiger partial charge is 0.498 e. The summed E-state index contributed by atoms with van der Waals surface area (Å²) in [6, 6.07) is 0. The van der Waals surface area contributed by atoms with Gasteiger partial charge >= 0.3 is 13.8 Å². The number of phosphoric ester groups is 1. The van der Waals surface area contributed by atoms with Gasteiger partial charge in [-0.3, -0.25) is 13.8 Å². The van der Waals surface area contributed by atoms with Crippen molar-refractivity contribution in [2.45, 2.75) is 180 Å². The van der Waals surface area contributed by atoms with Crippen molar-refractivity contribution in [3.05, 3.63) is 48.8 Å². The van der Waals surface area contributed by atoms with Crippen LogP contribution >= 0.6 is 7.82 Å². The summed E-state index contributed by atoms with van der Waals surface area (Å²) < 4.78 is 33.1. The number of carbonyl (C=O) groups is 1. The van der Waals surface area contributed by atoms with Crippen LogP contribution in [-0.2, 0) is 27.9 Å². The van der Waals surface area contributed by atoms with E-state index in [9.17, 15) is 14.3 Å². The van der Waals surface area contributed by atoms with Gasteiger partial charge in [-0.2, -0.15) is 0 Å². The summed E-state index contributed by atoms with van der Waals surface area (Å²) in [5.74, 6) is -0.374. The van der Waals surface area contributed by atoms with E-state index in [0.717, 1.165) is 57.8 Å². The van der Waals surface area contributed by atoms with Gasteiger partial charge in [-0.25, -0.2) is 4.57 Å². The number of esters is 1. The van der Waals surface area contributed by atoms with Crippen molar-refractivity contribution in [2.75, 3.05) is 26.4 Å². The van der Waals surface area contributed by atoms with Gasteiger partial charge in [-0.1, -0.05) is 147 Å². The molecule has 0 bridgehead atoms. The van der Waals surface area contributed by atoms with Crippen LogP contribution in [0.5, 0.6) is 0 Å². The van der Waals surface area contributed by atoms with E-state index in [2.05, 4.69) is 50.3 Å². The highest BCUT2D eigenvalue weighted by Gasteiger charge is 2.25. The number of hydrogen-bond acceptors (Lipinski definition) is 7. The summed E-state index contributed by atoms with van der Waals surface area (Å²) in [6.45, 7) is 4.18. The Labute approximate surface area is 307 Å². The average molecular weight is 726 g/mol. The van der Waals surface area contributed by atoms with Gasteiger partial charge < -0.3 is 20.1 Å². The number of rotatable bonds is 38.